The first-order valence-corrected chi connectivity index (χ1v) is 9.32. The van der Waals surface area contributed by atoms with Crippen molar-refractivity contribution in [2.45, 2.75) is 12.1 Å². The summed E-state index contributed by atoms with van der Waals surface area (Å²) < 4.78 is 24.8. The second kappa shape index (κ2) is 8.11. The molecule has 1 amide bonds. The molecule has 1 N–H and O–H groups in total. The van der Waals surface area contributed by atoms with Gasteiger partial charge in [-0.15, -0.1) is 0 Å². The van der Waals surface area contributed by atoms with Gasteiger partial charge in [0.25, 0.3) is 0 Å². The highest BCUT2D eigenvalue weighted by atomic mass is 35.5. The predicted molar refractivity (Wildman–Crippen MR) is 107 cm³/mol. The van der Waals surface area contributed by atoms with Crippen LogP contribution in [-0.2, 0) is 4.74 Å². The number of carbonyl (C=O) groups is 1. The summed E-state index contributed by atoms with van der Waals surface area (Å²) in [4.78, 5) is 13.9. The summed E-state index contributed by atoms with van der Waals surface area (Å²) in [7, 11) is 0. The van der Waals surface area contributed by atoms with Crippen molar-refractivity contribution in [2.24, 2.45) is 0 Å². The van der Waals surface area contributed by atoms with Crippen LogP contribution in [-0.4, -0.2) is 23.9 Å². The third-order valence-corrected chi connectivity index (χ3v) is 4.87. The molecular formula is C22H17ClFNO4. The summed E-state index contributed by atoms with van der Waals surface area (Å²) in [6.07, 6.45) is -1.40. The van der Waals surface area contributed by atoms with Gasteiger partial charge in [0.15, 0.2) is 6.10 Å². The van der Waals surface area contributed by atoms with Crippen LogP contribution in [0.4, 0.5) is 14.9 Å². The van der Waals surface area contributed by atoms with E-state index in [1.165, 1.54) is 17.0 Å². The Hall–Kier alpha value is -3.09. The minimum Gasteiger partial charge on any atom is -0.457 e. The van der Waals surface area contributed by atoms with E-state index >= 15 is 0 Å². The maximum Gasteiger partial charge on any atom is 0.415 e. The molecule has 0 bridgehead atoms. The first-order valence-electron chi connectivity index (χ1n) is 8.95. The van der Waals surface area contributed by atoms with Crippen molar-refractivity contribution < 1.29 is 23.8 Å². The van der Waals surface area contributed by atoms with E-state index in [4.69, 9.17) is 21.1 Å². The van der Waals surface area contributed by atoms with E-state index in [1.807, 2.05) is 0 Å². The van der Waals surface area contributed by atoms with E-state index in [-0.39, 0.29) is 6.61 Å². The minimum absolute atomic E-state index is 0.374. The Labute approximate surface area is 171 Å². The van der Waals surface area contributed by atoms with Crippen molar-refractivity contribution in [3.05, 3.63) is 89.2 Å². The van der Waals surface area contributed by atoms with E-state index in [2.05, 4.69) is 0 Å². The van der Waals surface area contributed by atoms with Gasteiger partial charge < -0.3 is 14.6 Å². The molecule has 148 valence electrons. The molecular weight excluding hydrogens is 397 g/mol. The third-order valence-electron chi connectivity index (χ3n) is 4.61. The Morgan fingerprint density at radius 2 is 1.69 bits per heavy atom. The molecule has 29 heavy (non-hydrogen) atoms. The Kier molecular flexibility index (Phi) is 5.38. The zero-order valence-electron chi connectivity index (χ0n) is 15.2. The number of hydrogen-bond donors (Lipinski definition) is 1. The zero-order chi connectivity index (χ0) is 20.4. The zero-order valence-corrected chi connectivity index (χ0v) is 15.9. The summed E-state index contributed by atoms with van der Waals surface area (Å²) in [5.74, 6) is 0.774. The molecule has 3 aromatic carbocycles. The van der Waals surface area contributed by atoms with Gasteiger partial charge in [-0.2, -0.15) is 0 Å². The number of aliphatic hydroxyl groups is 1. The average Bonchev–Trinajstić information content (AvgIpc) is 3.07. The second-order valence-electron chi connectivity index (χ2n) is 6.52. The summed E-state index contributed by atoms with van der Waals surface area (Å²) in [6.45, 7) is -0.374. The normalized spacial score (nSPS) is 18.6. The lowest BCUT2D eigenvalue weighted by Crippen LogP contribution is -2.30. The SMILES string of the molecule is O=C1O[C@@H](CO)[C@H](c2cccc(F)c2)N1c1ccc(Oc2ccc(Cl)cc2)cc1. The third kappa shape index (κ3) is 4.04. The summed E-state index contributed by atoms with van der Waals surface area (Å²) in [5, 5.41) is 10.3. The van der Waals surface area contributed by atoms with Gasteiger partial charge >= 0.3 is 6.09 Å². The van der Waals surface area contributed by atoms with Crippen molar-refractivity contribution in [3.63, 3.8) is 0 Å². The van der Waals surface area contributed by atoms with Crippen molar-refractivity contribution in [3.8, 4) is 11.5 Å². The van der Waals surface area contributed by atoms with Crippen LogP contribution in [0.25, 0.3) is 0 Å². The van der Waals surface area contributed by atoms with E-state index in [9.17, 15) is 14.3 Å². The van der Waals surface area contributed by atoms with Gasteiger partial charge in [0.05, 0.1) is 6.61 Å². The summed E-state index contributed by atoms with van der Waals surface area (Å²) in [5.41, 5.74) is 1.08. The Morgan fingerprint density at radius 1 is 1.03 bits per heavy atom. The molecule has 0 radical (unpaired) electrons. The van der Waals surface area contributed by atoms with Crippen molar-refractivity contribution in [1.29, 1.82) is 0 Å². The molecule has 0 unspecified atom stereocenters. The van der Waals surface area contributed by atoms with Crippen LogP contribution in [0.2, 0.25) is 5.02 Å². The lowest BCUT2D eigenvalue weighted by atomic mass is 10.0. The fourth-order valence-electron chi connectivity index (χ4n) is 3.30. The Morgan fingerprint density at radius 3 is 2.31 bits per heavy atom. The number of cyclic esters (lactones) is 1. The van der Waals surface area contributed by atoms with Crippen molar-refractivity contribution in [1.82, 2.24) is 0 Å². The standard InChI is InChI=1S/C22H17ClFNO4/c23-15-4-8-18(9-5-15)28-19-10-6-17(7-11-19)25-21(20(13-26)29-22(25)27)14-2-1-3-16(24)12-14/h1-12,20-21,26H,13H2/t20-,21-/m0/s1. The van der Waals surface area contributed by atoms with Crippen LogP contribution in [0, 0.1) is 5.82 Å². The average molecular weight is 414 g/mol. The highest BCUT2D eigenvalue weighted by Gasteiger charge is 2.43. The molecule has 1 fully saturated rings. The second-order valence-corrected chi connectivity index (χ2v) is 6.96. The van der Waals surface area contributed by atoms with Crippen LogP contribution in [0.5, 0.6) is 11.5 Å². The number of anilines is 1. The molecule has 2 atom stereocenters. The number of hydrogen-bond acceptors (Lipinski definition) is 4. The minimum atomic E-state index is -0.797. The summed E-state index contributed by atoms with van der Waals surface area (Å²) in [6, 6.07) is 19.1. The highest BCUT2D eigenvalue weighted by molar-refractivity contribution is 6.30. The van der Waals surface area contributed by atoms with Gasteiger partial charge in [0, 0.05) is 10.7 Å². The number of nitrogens with zero attached hydrogens (tertiary/aromatic N) is 1. The Balaban J connectivity index is 1.61. The lowest BCUT2D eigenvalue weighted by Gasteiger charge is -2.24. The van der Waals surface area contributed by atoms with Crippen LogP contribution in [0.1, 0.15) is 11.6 Å². The number of rotatable bonds is 5. The molecule has 0 aromatic heterocycles. The molecule has 1 aliphatic heterocycles. The number of halogens is 2. The van der Waals surface area contributed by atoms with Crippen molar-refractivity contribution in [2.75, 3.05) is 11.5 Å². The monoisotopic (exact) mass is 413 g/mol. The molecule has 7 heteroatoms. The smallest absolute Gasteiger partial charge is 0.415 e. The largest absolute Gasteiger partial charge is 0.457 e. The van der Waals surface area contributed by atoms with Gasteiger partial charge in [-0.25, -0.2) is 9.18 Å². The summed E-state index contributed by atoms with van der Waals surface area (Å²) >= 11 is 5.87. The van der Waals surface area contributed by atoms with Crippen LogP contribution in [0.15, 0.2) is 72.8 Å². The van der Waals surface area contributed by atoms with E-state index in [1.54, 1.807) is 60.7 Å². The van der Waals surface area contributed by atoms with E-state index < -0.39 is 24.1 Å². The van der Waals surface area contributed by atoms with Gasteiger partial charge in [0.2, 0.25) is 0 Å². The van der Waals surface area contributed by atoms with E-state index in [0.717, 1.165) is 0 Å². The van der Waals surface area contributed by atoms with Crippen molar-refractivity contribution >= 4 is 23.4 Å². The van der Waals surface area contributed by atoms with Crippen LogP contribution < -0.4 is 9.64 Å². The first kappa shape index (κ1) is 19.2. The number of aliphatic hydroxyl groups excluding tert-OH is 1. The number of benzene rings is 3. The fraction of sp³-hybridized carbons (Fsp3) is 0.136. The molecule has 3 aromatic rings. The molecule has 4 rings (SSSR count). The molecule has 1 aliphatic rings. The maximum atomic E-state index is 13.7. The molecule has 1 heterocycles. The lowest BCUT2D eigenvalue weighted by molar-refractivity contribution is 0.0829. The van der Waals surface area contributed by atoms with E-state index in [0.29, 0.717) is 27.8 Å². The predicted octanol–water partition coefficient (Wildman–Crippen LogP) is 5.33. The number of carbonyl (C=O) groups excluding carboxylic acids is 1. The Bertz CT molecular complexity index is 1010. The van der Waals surface area contributed by atoms with Crippen LogP contribution in [0.3, 0.4) is 0 Å². The molecule has 1 saturated heterocycles. The first-order chi connectivity index (χ1) is 14.0. The highest BCUT2D eigenvalue weighted by Crippen LogP contribution is 2.38. The van der Waals surface area contributed by atoms with Gasteiger partial charge in [-0.1, -0.05) is 23.7 Å². The number of ether oxygens (including phenoxy) is 2. The topological polar surface area (TPSA) is 59.0 Å². The maximum absolute atomic E-state index is 13.7. The quantitative estimate of drug-likeness (QED) is 0.614. The molecule has 5 nitrogen and oxygen atoms in total. The molecule has 0 saturated carbocycles. The van der Waals surface area contributed by atoms with Gasteiger partial charge in [-0.3, -0.25) is 4.90 Å². The fourth-order valence-corrected chi connectivity index (χ4v) is 3.43. The van der Waals surface area contributed by atoms with Crippen LogP contribution >= 0.6 is 11.6 Å². The van der Waals surface area contributed by atoms with Gasteiger partial charge in [-0.05, 0) is 66.2 Å². The number of amides is 1. The molecule has 0 aliphatic carbocycles. The van der Waals surface area contributed by atoms with Gasteiger partial charge in [0.1, 0.15) is 23.4 Å². The molecule has 0 spiro atoms.